The average molecular weight is 216 g/mol. The molecular formula is C10H14ClNS. The van der Waals surface area contributed by atoms with Gasteiger partial charge >= 0.3 is 0 Å². The third kappa shape index (κ3) is 2.90. The summed E-state index contributed by atoms with van der Waals surface area (Å²) in [7, 11) is 0. The summed E-state index contributed by atoms with van der Waals surface area (Å²) in [5.74, 6) is 1.29. The minimum Gasteiger partial charge on any atom is -1.00 e. The molecule has 0 aliphatic carbocycles. The van der Waals surface area contributed by atoms with E-state index in [2.05, 4.69) is 47.4 Å². The van der Waals surface area contributed by atoms with E-state index in [9.17, 15) is 0 Å². The molecular weight excluding hydrogens is 202 g/mol. The Hall–Kier alpha value is -0.180. The van der Waals surface area contributed by atoms with E-state index in [1.165, 1.54) is 24.4 Å². The van der Waals surface area contributed by atoms with E-state index in [0.717, 1.165) is 5.25 Å². The van der Waals surface area contributed by atoms with Crippen molar-refractivity contribution in [3.8, 4) is 0 Å². The molecule has 1 saturated heterocycles. The molecule has 13 heavy (non-hydrogen) atoms. The molecule has 2 N–H and O–H groups in total. The van der Waals surface area contributed by atoms with Crippen LogP contribution in [-0.4, -0.2) is 18.8 Å². The van der Waals surface area contributed by atoms with Crippen molar-refractivity contribution in [1.82, 2.24) is 0 Å². The van der Waals surface area contributed by atoms with Crippen molar-refractivity contribution in [2.24, 2.45) is 0 Å². The SMILES string of the molecule is [Cl-].c1ccc(C2C[NH2+]CCS2)cc1. The van der Waals surface area contributed by atoms with E-state index < -0.39 is 0 Å². The number of quaternary nitrogens is 1. The van der Waals surface area contributed by atoms with E-state index in [4.69, 9.17) is 0 Å². The second-order valence-corrected chi connectivity index (χ2v) is 4.39. The van der Waals surface area contributed by atoms with Gasteiger partial charge in [0.2, 0.25) is 0 Å². The Labute approximate surface area is 89.7 Å². The predicted molar refractivity (Wildman–Crippen MR) is 53.3 cm³/mol. The van der Waals surface area contributed by atoms with Crippen LogP contribution in [0.25, 0.3) is 0 Å². The Morgan fingerprint density at radius 1 is 1.23 bits per heavy atom. The summed E-state index contributed by atoms with van der Waals surface area (Å²) >= 11 is 2.09. The number of nitrogens with two attached hydrogens (primary N) is 1. The van der Waals surface area contributed by atoms with Crippen molar-refractivity contribution in [3.63, 3.8) is 0 Å². The number of hydrogen-bond donors (Lipinski definition) is 1. The van der Waals surface area contributed by atoms with Crippen LogP contribution in [0.3, 0.4) is 0 Å². The van der Waals surface area contributed by atoms with Gasteiger partial charge in [0, 0.05) is 5.75 Å². The molecule has 1 heterocycles. The molecule has 1 atom stereocenters. The fraction of sp³-hybridized carbons (Fsp3) is 0.400. The minimum atomic E-state index is 0. The Kier molecular flexibility index (Phi) is 4.64. The predicted octanol–water partition coefficient (Wildman–Crippen LogP) is -1.96. The highest BCUT2D eigenvalue weighted by Crippen LogP contribution is 2.27. The highest BCUT2D eigenvalue weighted by molar-refractivity contribution is 7.99. The van der Waals surface area contributed by atoms with E-state index in [-0.39, 0.29) is 12.4 Å². The Morgan fingerprint density at radius 3 is 2.62 bits per heavy atom. The summed E-state index contributed by atoms with van der Waals surface area (Å²) in [4.78, 5) is 0. The van der Waals surface area contributed by atoms with Crippen LogP contribution in [0, 0.1) is 0 Å². The topological polar surface area (TPSA) is 16.6 Å². The van der Waals surface area contributed by atoms with Gasteiger partial charge in [0.05, 0.1) is 18.3 Å². The van der Waals surface area contributed by atoms with Crippen molar-refractivity contribution < 1.29 is 17.7 Å². The fourth-order valence-electron chi connectivity index (χ4n) is 1.53. The van der Waals surface area contributed by atoms with Gasteiger partial charge in [0.15, 0.2) is 0 Å². The molecule has 1 unspecified atom stereocenters. The summed E-state index contributed by atoms with van der Waals surface area (Å²) < 4.78 is 0. The quantitative estimate of drug-likeness (QED) is 0.576. The Balaban J connectivity index is 0.000000845. The van der Waals surface area contributed by atoms with Gasteiger partial charge in [-0.3, -0.25) is 0 Å². The highest BCUT2D eigenvalue weighted by Gasteiger charge is 2.17. The molecule has 0 bridgehead atoms. The minimum absolute atomic E-state index is 0. The maximum Gasteiger partial charge on any atom is 0.0917 e. The molecule has 0 spiro atoms. The molecule has 3 heteroatoms. The molecule has 1 nitrogen and oxygen atoms in total. The van der Waals surface area contributed by atoms with E-state index >= 15 is 0 Å². The summed E-state index contributed by atoms with van der Waals surface area (Å²) in [6.45, 7) is 2.53. The van der Waals surface area contributed by atoms with Crippen LogP contribution in [0.4, 0.5) is 0 Å². The second kappa shape index (κ2) is 5.53. The van der Waals surface area contributed by atoms with Crippen LogP contribution in [0.15, 0.2) is 30.3 Å². The lowest BCUT2D eigenvalue weighted by Crippen LogP contribution is -3.00. The van der Waals surface area contributed by atoms with Crippen LogP contribution in [0.1, 0.15) is 10.8 Å². The summed E-state index contributed by atoms with van der Waals surface area (Å²) in [5.41, 5.74) is 1.48. The summed E-state index contributed by atoms with van der Waals surface area (Å²) in [6, 6.07) is 10.8. The van der Waals surface area contributed by atoms with Crippen molar-refractivity contribution in [3.05, 3.63) is 35.9 Å². The van der Waals surface area contributed by atoms with Crippen LogP contribution in [0.2, 0.25) is 0 Å². The first kappa shape index (κ1) is 10.9. The molecule has 1 fully saturated rings. The first-order valence-electron chi connectivity index (χ1n) is 4.45. The third-order valence-corrected chi connectivity index (χ3v) is 3.53. The van der Waals surface area contributed by atoms with Gasteiger partial charge in [-0.2, -0.15) is 0 Å². The van der Waals surface area contributed by atoms with Crippen LogP contribution in [0.5, 0.6) is 0 Å². The van der Waals surface area contributed by atoms with Crippen LogP contribution < -0.4 is 17.7 Å². The number of thioether (sulfide) groups is 1. The summed E-state index contributed by atoms with van der Waals surface area (Å²) in [6.07, 6.45) is 0. The molecule has 1 aromatic carbocycles. The lowest BCUT2D eigenvalue weighted by atomic mass is 10.1. The second-order valence-electron chi connectivity index (χ2n) is 3.08. The van der Waals surface area contributed by atoms with E-state index in [1.807, 2.05) is 0 Å². The van der Waals surface area contributed by atoms with Crippen molar-refractivity contribution in [2.75, 3.05) is 18.8 Å². The lowest BCUT2D eigenvalue weighted by Gasteiger charge is -2.19. The average Bonchev–Trinajstić information content (AvgIpc) is 2.21. The van der Waals surface area contributed by atoms with Gasteiger partial charge in [-0.05, 0) is 5.56 Å². The van der Waals surface area contributed by atoms with Gasteiger partial charge in [0.1, 0.15) is 0 Å². The number of benzene rings is 1. The fourth-order valence-corrected chi connectivity index (χ4v) is 2.74. The van der Waals surface area contributed by atoms with Crippen molar-refractivity contribution in [1.29, 1.82) is 0 Å². The smallest absolute Gasteiger partial charge is 0.0917 e. The molecule has 1 aliphatic rings. The molecule has 1 aliphatic heterocycles. The van der Waals surface area contributed by atoms with Gasteiger partial charge in [0.25, 0.3) is 0 Å². The molecule has 2 rings (SSSR count). The Bertz CT molecular complexity index is 234. The molecule has 0 saturated carbocycles. The zero-order valence-electron chi connectivity index (χ0n) is 7.45. The molecule has 72 valence electrons. The van der Waals surface area contributed by atoms with Crippen molar-refractivity contribution >= 4 is 11.8 Å². The van der Waals surface area contributed by atoms with Crippen LogP contribution in [-0.2, 0) is 0 Å². The molecule has 0 aromatic heterocycles. The monoisotopic (exact) mass is 215 g/mol. The highest BCUT2D eigenvalue weighted by atomic mass is 35.5. The van der Waals surface area contributed by atoms with Gasteiger partial charge in [-0.25, -0.2) is 0 Å². The third-order valence-electron chi connectivity index (χ3n) is 2.19. The number of halogens is 1. The zero-order chi connectivity index (χ0) is 8.23. The zero-order valence-corrected chi connectivity index (χ0v) is 9.02. The van der Waals surface area contributed by atoms with E-state index in [1.54, 1.807) is 0 Å². The van der Waals surface area contributed by atoms with Crippen LogP contribution >= 0.6 is 11.8 Å². The van der Waals surface area contributed by atoms with Gasteiger partial charge < -0.3 is 17.7 Å². The molecule has 0 amide bonds. The standard InChI is InChI=1S/C10H13NS.ClH/c1-2-4-9(5-3-1)10-8-11-6-7-12-10;/h1-5,10-11H,6-8H2;1H. The van der Waals surface area contributed by atoms with Gasteiger partial charge in [-0.1, -0.05) is 30.3 Å². The summed E-state index contributed by atoms with van der Waals surface area (Å²) in [5, 5.41) is 3.13. The maximum atomic E-state index is 2.41. The van der Waals surface area contributed by atoms with Gasteiger partial charge in [-0.15, -0.1) is 11.8 Å². The Morgan fingerprint density at radius 2 is 2.00 bits per heavy atom. The number of rotatable bonds is 1. The first-order valence-corrected chi connectivity index (χ1v) is 5.50. The lowest BCUT2D eigenvalue weighted by molar-refractivity contribution is -0.652. The molecule has 0 radical (unpaired) electrons. The molecule has 1 aromatic rings. The largest absolute Gasteiger partial charge is 1.00 e. The maximum absolute atomic E-state index is 2.41. The normalized spacial score (nSPS) is 22.0. The van der Waals surface area contributed by atoms with Crippen molar-refractivity contribution in [2.45, 2.75) is 5.25 Å². The number of hydrogen-bond acceptors (Lipinski definition) is 1. The van der Waals surface area contributed by atoms with E-state index in [0.29, 0.717) is 0 Å². The first-order chi connectivity index (χ1) is 5.97.